The molecule has 82 valence electrons. The zero-order chi connectivity index (χ0) is 10.7. The van der Waals surface area contributed by atoms with Crippen molar-refractivity contribution in [2.45, 2.75) is 19.3 Å². The normalized spacial score (nSPS) is 18.5. The first-order valence-corrected chi connectivity index (χ1v) is 5.06. The second kappa shape index (κ2) is 4.51. The summed E-state index contributed by atoms with van der Waals surface area (Å²) < 4.78 is 24.8. The van der Waals surface area contributed by atoms with E-state index in [1.165, 1.54) is 6.33 Å². The van der Waals surface area contributed by atoms with Gasteiger partial charge in [0.15, 0.2) is 0 Å². The van der Waals surface area contributed by atoms with Crippen LogP contribution < -0.4 is 4.90 Å². The minimum Gasteiger partial charge on any atom is -0.356 e. The zero-order valence-corrected chi connectivity index (χ0v) is 8.31. The molecule has 1 saturated heterocycles. The summed E-state index contributed by atoms with van der Waals surface area (Å²) in [6, 6.07) is 1.81. The van der Waals surface area contributed by atoms with Crippen LogP contribution in [-0.2, 0) is 0 Å². The molecule has 1 aliphatic heterocycles. The maximum atomic E-state index is 12.4. The minimum atomic E-state index is -2.18. The van der Waals surface area contributed by atoms with Gasteiger partial charge in [-0.25, -0.2) is 18.7 Å². The van der Waals surface area contributed by atoms with Crippen LogP contribution in [0, 0.1) is 5.92 Å². The quantitative estimate of drug-likeness (QED) is 0.752. The number of hydrogen-bond donors (Lipinski definition) is 0. The second-order valence-electron chi connectivity index (χ2n) is 3.73. The van der Waals surface area contributed by atoms with Crippen LogP contribution in [0.25, 0.3) is 0 Å². The molecule has 0 unspecified atom stereocenters. The molecule has 2 heterocycles. The first kappa shape index (κ1) is 10.3. The summed E-state index contributed by atoms with van der Waals surface area (Å²) in [4.78, 5) is 9.95. The predicted molar refractivity (Wildman–Crippen MR) is 53.0 cm³/mol. The molecule has 2 rings (SSSR count). The van der Waals surface area contributed by atoms with Crippen molar-refractivity contribution in [1.29, 1.82) is 0 Å². The van der Waals surface area contributed by atoms with Crippen molar-refractivity contribution in [2.24, 2.45) is 5.92 Å². The van der Waals surface area contributed by atoms with E-state index in [1.54, 1.807) is 6.20 Å². The lowest BCUT2D eigenvalue weighted by Crippen LogP contribution is -2.36. The third-order valence-corrected chi connectivity index (χ3v) is 2.79. The molecule has 0 radical (unpaired) electrons. The van der Waals surface area contributed by atoms with Gasteiger partial charge >= 0.3 is 0 Å². The molecule has 15 heavy (non-hydrogen) atoms. The Bertz CT molecular complexity index is 297. The predicted octanol–water partition coefficient (Wildman–Crippen LogP) is 1.96. The van der Waals surface area contributed by atoms with Gasteiger partial charge in [0.25, 0.3) is 0 Å². The van der Waals surface area contributed by atoms with Gasteiger partial charge in [-0.05, 0) is 18.9 Å². The van der Waals surface area contributed by atoms with E-state index in [-0.39, 0.29) is 0 Å². The van der Waals surface area contributed by atoms with Crippen LogP contribution in [0.3, 0.4) is 0 Å². The zero-order valence-electron chi connectivity index (χ0n) is 8.31. The highest BCUT2D eigenvalue weighted by molar-refractivity contribution is 5.36. The van der Waals surface area contributed by atoms with Crippen molar-refractivity contribution in [2.75, 3.05) is 18.0 Å². The largest absolute Gasteiger partial charge is 0.356 e. The molecule has 5 heteroatoms. The van der Waals surface area contributed by atoms with Crippen LogP contribution in [0.4, 0.5) is 14.6 Å². The molecule has 0 atom stereocenters. The van der Waals surface area contributed by atoms with Crippen LogP contribution in [0.15, 0.2) is 18.6 Å². The van der Waals surface area contributed by atoms with Crippen molar-refractivity contribution in [1.82, 2.24) is 9.97 Å². The lowest BCUT2D eigenvalue weighted by Gasteiger charge is -2.32. The molecule has 1 aromatic heterocycles. The highest BCUT2D eigenvalue weighted by atomic mass is 19.3. The van der Waals surface area contributed by atoms with E-state index in [9.17, 15) is 8.78 Å². The number of hydrogen-bond acceptors (Lipinski definition) is 3. The van der Waals surface area contributed by atoms with E-state index in [4.69, 9.17) is 0 Å². The van der Waals surface area contributed by atoms with E-state index in [1.807, 2.05) is 11.0 Å². The smallest absolute Gasteiger partial charge is 0.241 e. The molecule has 0 spiro atoms. The third kappa shape index (κ3) is 2.40. The first-order valence-electron chi connectivity index (χ1n) is 5.06. The molecule has 0 N–H and O–H groups in total. The van der Waals surface area contributed by atoms with Crippen molar-refractivity contribution in [3.63, 3.8) is 0 Å². The van der Waals surface area contributed by atoms with Gasteiger partial charge < -0.3 is 4.90 Å². The number of piperidine rings is 1. The molecule has 0 amide bonds. The summed E-state index contributed by atoms with van der Waals surface area (Å²) in [6.45, 7) is 1.32. The van der Waals surface area contributed by atoms with Crippen LogP contribution in [0.2, 0.25) is 0 Å². The van der Waals surface area contributed by atoms with Gasteiger partial charge in [-0.3, -0.25) is 0 Å². The van der Waals surface area contributed by atoms with Gasteiger partial charge in [0.2, 0.25) is 6.43 Å². The molecule has 1 aromatic rings. The monoisotopic (exact) mass is 213 g/mol. The first-order chi connectivity index (χ1) is 7.27. The summed E-state index contributed by atoms with van der Waals surface area (Å²) in [7, 11) is 0. The van der Waals surface area contributed by atoms with Crippen molar-refractivity contribution >= 4 is 5.82 Å². The number of anilines is 1. The van der Waals surface area contributed by atoms with Gasteiger partial charge in [-0.15, -0.1) is 0 Å². The Morgan fingerprint density at radius 3 is 2.60 bits per heavy atom. The fraction of sp³-hybridized carbons (Fsp3) is 0.600. The van der Waals surface area contributed by atoms with Gasteiger partial charge in [0, 0.05) is 25.2 Å². The van der Waals surface area contributed by atoms with Crippen LogP contribution in [0.1, 0.15) is 12.8 Å². The molecule has 0 saturated carbocycles. The molecular weight excluding hydrogens is 200 g/mol. The third-order valence-electron chi connectivity index (χ3n) is 2.79. The summed E-state index contributed by atoms with van der Waals surface area (Å²) in [5.41, 5.74) is 0. The summed E-state index contributed by atoms with van der Waals surface area (Å²) in [5.74, 6) is 0.390. The summed E-state index contributed by atoms with van der Waals surface area (Å²) in [5, 5.41) is 0. The van der Waals surface area contributed by atoms with Crippen molar-refractivity contribution < 1.29 is 8.78 Å². The second-order valence-corrected chi connectivity index (χ2v) is 3.73. The van der Waals surface area contributed by atoms with Crippen LogP contribution in [0.5, 0.6) is 0 Å². The fourth-order valence-electron chi connectivity index (χ4n) is 1.85. The fourth-order valence-corrected chi connectivity index (χ4v) is 1.85. The highest BCUT2D eigenvalue weighted by Crippen LogP contribution is 2.25. The number of rotatable bonds is 2. The van der Waals surface area contributed by atoms with Crippen molar-refractivity contribution in [3.8, 4) is 0 Å². The van der Waals surface area contributed by atoms with E-state index in [0.717, 1.165) is 5.82 Å². The maximum Gasteiger partial charge on any atom is 0.241 e. The number of nitrogens with zero attached hydrogens (tertiary/aromatic N) is 3. The SMILES string of the molecule is FC(F)C1CCN(c2ccncn2)CC1. The van der Waals surface area contributed by atoms with E-state index >= 15 is 0 Å². The molecule has 0 bridgehead atoms. The van der Waals surface area contributed by atoms with E-state index < -0.39 is 12.3 Å². The van der Waals surface area contributed by atoms with E-state index in [2.05, 4.69) is 9.97 Å². The minimum absolute atomic E-state index is 0.442. The molecule has 1 aliphatic rings. The number of aromatic nitrogens is 2. The van der Waals surface area contributed by atoms with Gasteiger partial charge in [0.1, 0.15) is 12.1 Å². The molecule has 0 aliphatic carbocycles. The lowest BCUT2D eigenvalue weighted by atomic mass is 9.97. The lowest BCUT2D eigenvalue weighted by molar-refractivity contribution is 0.0635. The van der Waals surface area contributed by atoms with Crippen molar-refractivity contribution in [3.05, 3.63) is 18.6 Å². The molecule has 0 aromatic carbocycles. The van der Waals surface area contributed by atoms with Crippen LogP contribution >= 0.6 is 0 Å². The average molecular weight is 213 g/mol. The average Bonchev–Trinajstić information content (AvgIpc) is 2.30. The number of alkyl halides is 2. The maximum absolute atomic E-state index is 12.4. The Morgan fingerprint density at radius 2 is 2.07 bits per heavy atom. The summed E-state index contributed by atoms with van der Waals surface area (Å²) >= 11 is 0. The Morgan fingerprint density at radius 1 is 1.33 bits per heavy atom. The standard InChI is InChI=1S/C10H13F2N3/c11-10(12)8-2-5-15(6-3-8)9-1-4-13-7-14-9/h1,4,7-8,10H,2-3,5-6H2. The molecule has 3 nitrogen and oxygen atoms in total. The van der Waals surface area contributed by atoms with Gasteiger partial charge in [-0.2, -0.15) is 0 Å². The molecule has 1 fully saturated rings. The Balaban J connectivity index is 1.94. The highest BCUT2D eigenvalue weighted by Gasteiger charge is 2.26. The Kier molecular flexibility index (Phi) is 3.08. The van der Waals surface area contributed by atoms with Crippen LogP contribution in [-0.4, -0.2) is 29.5 Å². The molecular formula is C10H13F2N3. The topological polar surface area (TPSA) is 29.0 Å². The summed E-state index contributed by atoms with van der Waals surface area (Å²) in [6.07, 6.45) is 2.05. The Hall–Kier alpha value is -1.26. The Labute approximate surface area is 87.1 Å². The van der Waals surface area contributed by atoms with Gasteiger partial charge in [-0.1, -0.05) is 0 Å². The van der Waals surface area contributed by atoms with E-state index in [0.29, 0.717) is 25.9 Å². The number of halogens is 2. The van der Waals surface area contributed by atoms with Gasteiger partial charge in [0.05, 0.1) is 0 Å².